The molecule has 1 aromatic heterocycles. The lowest BCUT2D eigenvalue weighted by atomic mass is 10.1. The van der Waals surface area contributed by atoms with Crippen molar-refractivity contribution in [1.29, 1.82) is 0 Å². The van der Waals surface area contributed by atoms with Crippen LogP contribution in [-0.2, 0) is 27.8 Å². The maximum atomic E-state index is 12.8. The predicted molar refractivity (Wildman–Crippen MR) is 113 cm³/mol. The molecule has 8 nitrogen and oxygen atoms in total. The molecule has 30 heavy (non-hydrogen) atoms. The number of fused-ring (bicyclic) bond motifs is 1. The first-order chi connectivity index (χ1) is 14.4. The van der Waals surface area contributed by atoms with Crippen molar-refractivity contribution in [2.24, 2.45) is 7.05 Å². The average Bonchev–Trinajstić information content (AvgIpc) is 3.06. The predicted octanol–water partition coefficient (Wildman–Crippen LogP) is 2.42. The van der Waals surface area contributed by atoms with E-state index in [4.69, 9.17) is 4.98 Å². The Kier molecular flexibility index (Phi) is 6.46. The number of amides is 2. The van der Waals surface area contributed by atoms with Crippen LogP contribution in [0.25, 0.3) is 11.0 Å². The van der Waals surface area contributed by atoms with E-state index in [1.165, 1.54) is 7.11 Å². The van der Waals surface area contributed by atoms with Crippen molar-refractivity contribution in [3.05, 3.63) is 59.4 Å². The first-order valence-corrected chi connectivity index (χ1v) is 9.61. The molecule has 2 aromatic carbocycles. The molecule has 0 aliphatic rings. The van der Waals surface area contributed by atoms with Crippen LogP contribution >= 0.6 is 0 Å². The van der Waals surface area contributed by atoms with Crippen LogP contribution in [0.1, 0.15) is 35.1 Å². The summed E-state index contributed by atoms with van der Waals surface area (Å²) in [6, 6.07) is 13.2. The Morgan fingerprint density at radius 2 is 1.87 bits per heavy atom. The molecular formula is C22H24N4O4. The van der Waals surface area contributed by atoms with Gasteiger partial charge in [-0.25, -0.2) is 4.98 Å². The Labute approximate surface area is 174 Å². The van der Waals surface area contributed by atoms with Crippen molar-refractivity contribution in [3.8, 4) is 0 Å². The van der Waals surface area contributed by atoms with Crippen molar-refractivity contribution in [3.63, 3.8) is 0 Å². The molecule has 0 atom stereocenters. The van der Waals surface area contributed by atoms with Gasteiger partial charge >= 0.3 is 5.97 Å². The number of carbonyl (C=O) groups is 3. The van der Waals surface area contributed by atoms with Gasteiger partial charge in [0, 0.05) is 25.6 Å². The first kappa shape index (κ1) is 21.0. The Morgan fingerprint density at radius 3 is 2.53 bits per heavy atom. The highest BCUT2D eigenvalue weighted by Gasteiger charge is 2.19. The molecule has 0 saturated heterocycles. The molecule has 0 radical (unpaired) electrons. The van der Waals surface area contributed by atoms with Crippen LogP contribution in [0.15, 0.2) is 42.5 Å². The molecule has 0 unspecified atom stereocenters. The molecule has 0 bridgehead atoms. The second kappa shape index (κ2) is 9.21. The van der Waals surface area contributed by atoms with Gasteiger partial charge in [-0.1, -0.05) is 37.3 Å². The molecule has 2 N–H and O–H groups in total. The van der Waals surface area contributed by atoms with Gasteiger partial charge in [-0.15, -0.1) is 0 Å². The largest absolute Gasteiger partial charge is 0.468 e. The molecule has 3 rings (SSSR count). The Hall–Kier alpha value is -3.68. The topological polar surface area (TPSA) is 102 Å². The average molecular weight is 408 g/mol. The van der Waals surface area contributed by atoms with Crippen LogP contribution in [0.4, 0.5) is 5.69 Å². The Bertz CT molecular complexity index is 1090. The number of methoxy groups -OCH3 is 1. The lowest BCUT2D eigenvalue weighted by Gasteiger charge is -2.10. The van der Waals surface area contributed by atoms with Gasteiger partial charge < -0.3 is 19.9 Å². The smallest absolute Gasteiger partial charge is 0.325 e. The van der Waals surface area contributed by atoms with Crippen molar-refractivity contribution >= 4 is 34.5 Å². The number of hydrogen-bond donors (Lipinski definition) is 2. The van der Waals surface area contributed by atoms with Crippen LogP contribution in [0, 0.1) is 0 Å². The fourth-order valence-electron chi connectivity index (χ4n) is 3.15. The minimum Gasteiger partial charge on any atom is -0.468 e. The monoisotopic (exact) mass is 408 g/mol. The van der Waals surface area contributed by atoms with E-state index >= 15 is 0 Å². The summed E-state index contributed by atoms with van der Waals surface area (Å²) in [6.07, 6.45) is 0.898. The number of anilines is 1. The highest BCUT2D eigenvalue weighted by molar-refractivity contribution is 6.08. The normalized spacial score (nSPS) is 10.6. The number of esters is 1. The van der Waals surface area contributed by atoms with Crippen molar-refractivity contribution in [2.45, 2.75) is 19.8 Å². The van der Waals surface area contributed by atoms with Gasteiger partial charge in [0.2, 0.25) is 5.91 Å². The standard InChI is InChI=1S/C22H24N4O4/c1-4-19(27)24-15-11-16(22(29)23-13-20(28)30-3)21-17(12-15)25-18(26(21)2)10-14-8-6-5-7-9-14/h5-9,11-12H,4,10,13H2,1-3H3,(H,23,29)(H,24,27). The summed E-state index contributed by atoms with van der Waals surface area (Å²) >= 11 is 0. The van der Waals surface area contributed by atoms with Crippen LogP contribution in [0.2, 0.25) is 0 Å². The minimum absolute atomic E-state index is 0.171. The van der Waals surface area contributed by atoms with Crippen LogP contribution < -0.4 is 10.6 Å². The van der Waals surface area contributed by atoms with E-state index in [9.17, 15) is 14.4 Å². The second-order valence-electron chi connectivity index (χ2n) is 6.80. The van der Waals surface area contributed by atoms with E-state index in [-0.39, 0.29) is 12.5 Å². The van der Waals surface area contributed by atoms with Crippen LogP contribution in [-0.4, -0.2) is 41.0 Å². The lowest BCUT2D eigenvalue weighted by molar-refractivity contribution is -0.139. The van der Waals surface area contributed by atoms with Gasteiger partial charge in [0.15, 0.2) is 0 Å². The number of nitrogens with one attached hydrogen (secondary N) is 2. The number of hydrogen-bond acceptors (Lipinski definition) is 5. The SMILES string of the molecule is CCC(=O)Nc1cc(C(=O)NCC(=O)OC)c2c(c1)nc(Cc1ccccc1)n2C. The quantitative estimate of drug-likeness (QED) is 0.585. The van der Waals surface area contributed by atoms with Crippen LogP contribution in [0.3, 0.4) is 0 Å². The molecule has 1 heterocycles. The first-order valence-electron chi connectivity index (χ1n) is 9.61. The highest BCUT2D eigenvalue weighted by Crippen LogP contribution is 2.26. The third-order valence-electron chi connectivity index (χ3n) is 4.74. The number of rotatable bonds is 7. The van der Waals surface area contributed by atoms with E-state index in [1.54, 1.807) is 19.1 Å². The summed E-state index contributed by atoms with van der Waals surface area (Å²) in [5.74, 6) is -0.398. The number of aryl methyl sites for hydroxylation is 1. The molecule has 0 fully saturated rings. The molecule has 3 aromatic rings. The highest BCUT2D eigenvalue weighted by atomic mass is 16.5. The maximum Gasteiger partial charge on any atom is 0.325 e. The van der Waals surface area contributed by atoms with Gasteiger partial charge in [0.05, 0.1) is 23.7 Å². The Balaban J connectivity index is 2.04. The summed E-state index contributed by atoms with van der Waals surface area (Å²) in [5, 5.41) is 5.33. The van der Waals surface area contributed by atoms with E-state index in [0.29, 0.717) is 35.1 Å². The number of benzene rings is 2. The molecule has 8 heteroatoms. The number of aromatic nitrogens is 2. The van der Waals surface area contributed by atoms with Gasteiger partial charge in [-0.3, -0.25) is 14.4 Å². The summed E-state index contributed by atoms with van der Waals surface area (Å²) < 4.78 is 6.44. The van der Waals surface area contributed by atoms with Gasteiger partial charge in [-0.2, -0.15) is 0 Å². The van der Waals surface area contributed by atoms with Crippen molar-refractivity contribution < 1.29 is 19.1 Å². The number of ether oxygens (including phenoxy) is 1. The second-order valence-corrected chi connectivity index (χ2v) is 6.80. The summed E-state index contributed by atoms with van der Waals surface area (Å²) in [6.45, 7) is 1.49. The minimum atomic E-state index is -0.551. The van der Waals surface area contributed by atoms with Crippen molar-refractivity contribution in [2.75, 3.05) is 19.0 Å². The third kappa shape index (κ3) is 4.65. The number of imidazole rings is 1. The summed E-state index contributed by atoms with van der Waals surface area (Å²) in [7, 11) is 3.10. The molecule has 0 spiro atoms. The van der Waals surface area contributed by atoms with Gasteiger partial charge in [-0.05, 0) is 17.7 Å². The fraction of sp³-hybridized carbons (Fsp3) is 0.273. The van der Waals surface area contributed by atoms with Gasteiger partial charge in [0.25, 0.3) is 5.91 Å². The molecular weight excluding hydrogens is 384 g/mol. The zero-order valence-electron chi connectivity index (χ0n) is 17.2. The molecule has 156 valence electrons. The summed E-state index contributed by atoms with van der Waals surface area (Å²) in [4.78, 5) is 40.8. The van der Waals surface area contributed by atoms with E-state index in [1.807, 2.05) is 41.9 Å². The number of nitrogens with zero attached hydrogens (tertiary/aromatic N) is 2. The summed E-state index contributed by atoms with van der Waals surface area (Å²) in [5.41, 5.74) is 3.09. The van der Waals surface area contributed by atoms with Gasteiger partial charge in [0.1, 0.15) is 12.4 Å². The molecule has 0 aliphatic heterocycles. The van der Waals surface area contributed by atoms with E-state index in [2.05, 4.69) is 15.4 Å². The van der Waals surface area contributed by atoms with Crippen LogP contribution in [0.5, 0.6) is 0 Å². The maximum absolute atomic E-state index is 12.8. The van der Waals surface area contributed by atoms with E-state index in [0.717, 1.165) is 11.4 Å². The lowest BCUT2D eigenvalue weighted by Crippen LogP contribution is -2.30. The molecule has 2 amide bonds. The zero-order chi connectivity index (χ0) is 21.7. The molecule has 0 saturated carbocycles. The van der Waals surface area contributed by atoms with Crippen molar-refractivity contribution in [1.82, 2.24) is 14.9 Å². The number of carbonyl (C=O) groups excluding carboxylic acids is 3. The fourth-order valence-corrected chi connectivity index (χ4v) is 3.15. The Morgan fingerprint density at radius 1 is 1.13 bits per heavy atom. The molecule has 0 aliphatic carbocycles. The zero-order valence-corrected chi connectivity index (χ0v) is 17.2. The van der Waals surface area contributed by atoms with E-state index < -0.39 is 11.9 Å². The third-order valence-corrected chi connectivity index (χ3v) is 4.74.